The number of rotatable bonds is 2. The van der Waals surface area contributed by atoms with Crippen LogP contribution in [0.3, 0.4) is 0 Å². The van der Waals surface area contributed by atoms with E-state index >= 15 is 0 Å². The van der Waals surface area contributed by atoms with Crippen LogP contribution in [0.15, 0.2) is 6.07 Å². The van der Waals surface area contributed by atoms with Gasteiger partial charge >= 0.3 is 0 Å². The molecule has 0 aliphatic carbocycles. The normalized spacial score (nSPS) is 15.5. The summed E-state index contributed by atoms with van der Waals surface area (Å²) in [7, 11) is 0. The third kappa shape index (κ3) is 1.98. The van der Waals surface area contributed by atoms with Crippen molar-refractivity contribution in [3.63, 3.8) is 0 Å². The Morgan fingerprint density at radius 1 is 1.69 bits per heavy atom. The molecule has 0 aromatic carbocycles. The van der Waals surface area contributed by atoms with Crippen LogP contribution in [0.5, 0.6) is 0 Å². The summed E-state index contributed by atoms with van der Waals surface area (Å²) in [5.74, 6) is 0.236. The van der Waals surface area contributed by atoms with E-state index < -0.39 is 0 Å². The number of hydrogen-bond donors (Lipinski definition) is 0. The molecule has 0 spiro atoms. The lowest BCUT2D eigenvalue weighted by Gasteiger charge is -2.10. The zero-order valence-electron chi connectivity index (χ0n) is 7.63. The van der Waals surface area contributed by atoms with E-state index in [1.807, 2.05) is 0 Å². The zero-order valence-corrected chi connectivity index (χ0v) is 8.45. The van der Waals surface area contributed by atoms with E-state index in [-0.39, 0.29) is 5.78 Å². The standard InChI is InChI=1S/C10H12O2S/c1-7(11)4-9-5-8-6-12-3-2-10(8)13-9/h5H,2-4,6H2,1H3. The molecule has 1 aromatic rings. The van der Waals surface area contributed by atoms with Crippen molar-refractivity contribution in [2.24, 2.45) is 0 Å². The van der Waals surface area contributed by atoms with Crippen molar-refractivity contribution in [2.45, 2.75) is 26.4 Å². The fourth-order valence-corrected chi connectivity index (χ4v) is 2.77. The molecule has 70 valence electrons. The first-order chi connectivity index (χ1) is 6.25. The quantitative estimate of drug-likeness (QED) is 0.722. The highest BCUT2D eigenvalue weighted by molar-refractivity contribution is 7.12. The van der Waals surface area contributed by atoms with Gasteiger partial charge in [-0.1, -0.05) is 0 Å². The van der Waals surface area contributed by atoms with E-state index in [9.17, 15) is 4.79 Å². The monoisotopic (exact) mass is 196 g/mol. The van der Waals surface area contributed by atoms with Gasteiger partial charge in [-0.25, -0.2) is 0 Å². The maximum atomic E-state index is 10.9. The molecule has 1 aliphatic rings. The Hall–Kier alpha value is -0.670. The maximum Gasteiger partial charge on any atom is 0.135 e. The molecule has 1 aliphatic heterocycles. The van der Waals surface area contributed by atoms with Gasteiger partial charge in [-0.3, -0.25) is 4.79 Å². The highest BCUT2D eigenvalue weighted by atomic mass is 32.1. The van der Waals surface area contributed by atoms with Gasteiger partial charge in [-0.05, 0) is 18.6 Å². The van der Waals surface area contributed by atoms with Gasteiger partial charge in [0.25, 0.3) is 0 Å². The Bertz CT molecular complexity index is 304. The van der Waals surface area contributed by atoms with Crippen LogP contribution in [0.25, 0.3) is 0 Å². The average molecular weight is 196 g/mol. The number of hydrogen-bond acceptors (Lipinski definition) is 3. The first-order valence-electron chi connectivity index (χ1n) is 4.43. The Morgan fingerprint density at radius 2 is 2.54 bits per heavy atom. The lowest BCUT2D eigenvalue weighted by Crippen LogP contribution is -2.05. The molecule has 0 fully saturated rings. The molecular formula is C10H12O2S. The minimum atomic E-state index is 0.236. The van der Waals surface area contributed by atoms with E-state index in [2.05, 4.69) is 6.07 Å². The second-order valence-electron chi connectivity index (χ2n) is 3.34. The average Bonchev–Trinajstić information content (AvgIpc) is 2.44. The van der Waals surface area contributed by atoms with Gasteiger partial charge in [0.05, 0.1) is 13.2 Å². The van der Waals surface area contributed by atoms with Gasteiger partial charge in [0.1, 0.15) is 5.78 Å². The summed E-state index contributed by atoms with van der Waals surface area (Å²) in [5, 5.41) is 0. The highest BCUT2D eigenvalue weighted by Gasteiger charge is 2.13. The molecule has 2 rings (SSSR count). The second kappa shape index (κ2) is 3.60. The van der Waals surface area contributed by atoms with Crippen LogP contribution in [-0.4, -0.2) is 12.4 Å². The molecular weight excluding hydrogens is 184 g/mol. The van der Waals surface area contributed by atoms with Crippen LogP contribution in [0, 0.1) is 0 Å². The Kier molecular flexibility index (Phi) is 2.47. The summed E-state index contributed by atoms with van der Waals surface area (Å²) in [6, 6.07) is 2.11. The molecule has 0 unspecified atom stereocenters. The summed E-state index contributed by atoms with van der Waals surface area (Å²) in [5.41, 5.74) is 1.28. The first-order valence-corrected chi connectivity index (χ1v) is 5.25. The molecule has 2 nitrogen and oxygen atoms in total. The maximum absolute atomic E-state index is 10.9. The number of thiophene rings is 1. The molecule has 0 saturated carbocycles. The second-order valence-corrected chi connectivity index (χ2v) is 4.56. The zero-order chi connectivity index (χ0) is 9.26. The smallest absolute Gasteiger partial charge is 0.135 e. The van der Waals surface area contributed by atoms with Gasteiger partial charge in [0.15, 0.2) is 0 Å². The summed E-state index contributed by atoms with van der Waals surface area (Å²) in [6.45, 7) is 3.19. The minimum absolute atomic E-state index is 0.236. The molecule has 0 N–H and O–H groups in total. The van der Waals surface area contributed by atoms with Crippen molar-refractivity contribution in [1.29, 1.82) is 0 Å². The van der Waals surface area contributed by atoms with Gasteiger partial charge in [-0.15, -0.1) is 11.3 Å². The van der Waals surface area contributed by atoms with Crippen LogP contribution in [0.4, 0.5) is 0 Å². The van der Waals surface area contributed by atoms with E-state index in [0.717, 1.165) is 19.6 Å². The third-order valence-electron chi connectivity index (χ3n) is 2.10. The largest absolute Gasteiger partial charge is 0.376 e. The molecule has 3 heteroatoms. The molecule has 0 atom stereocenters. The summed E-state index contributed by atoms with van der Waals surface area (Å²) in [6.07, 6.45) is 1.59. The Balaban J connectivity index is 2.20. The number of ketones is 1. The van der Waals surface area contributed by atoms with E-state index in [0.29, 0.717) is 6.42 Å². The Labute approximate surface area is 81.5 Å². The Morgan fingerprint density at radius 3 is 3.23 bits per heavy atom. The molecule has 1 aromatic heterocycles. The highest BCUT2D eigenvalue weighted by Crippen LogP contribution is 2.27. The molecule has 0 saturated heterocycles. The lowest BCUT2D eigenvalue weighted by atomic mass is 10.1. The fourth-order valence-electron chi connectivity index (χ4n) is 1.54. The minimum Gasteiger partial charge on any atom is -0.376 e. The van der Waals surface area contributed by atoms with Crippen molar-refractivity contribution in [2.75, 3.05) is 6.61 Å². The van der Waals surface area contributed by atoms with E-state index in [1.165, 1.54) is 15.3 Å². The molecule has 13 heavy (non-hydrogen) atoms. The van der Waals surface area contributed by atoms with E-state index in [1.54, 1.807) is 18.3 Å². The van der Waals surface area contributed by atoms with E-state index in [4.69, 9.17) is 4.74 Å². The number of fused-ring (bicyclic) bond motifs is 1. The van der Waals surface area contributed by atoms with Gasteiger partial charge in [-0.2, -0.15) is 0 Å². The number of carbonyl (C=O) groups excluding carboxylic acids is 1. The van der Waals surface area contributed by atoms with Gasteiger partial charge in [0, 0.05) is 22.6 Å². The van der Waals surface area contributed by atoms with Crippen LogP contribution in [0.1, 0.15) is 22.2 Å². The SMILES string of the molecule is CC(=O)Cc1cc2c(s1)CCOC2. The number of Topliss-reactive ketones (excluding diaryl/α,β-unsaturated/α-hetero) is 1. The first kappa shape index (κ1) is 8.91. The molecule has 0 amide bonds. The van der Waals surface area contributed by atoms with Crippen LogP contribution < -0.4 is 0 Å². The molecule has 0 radical (unpaired) electrons. The van der Waals surface area contributed by atoms with Crippen molar-refractivity contribution in [1.82, 2.24) is 0 Å². The fraction of sp³-hybridized carbons (Fsp3) is 0.500. The van der Waals surface area contributed by atoms with Crippen LogP contribution in [0.2, 0.25) is 0 Å². The molecule has 2 heterocycles. The summed E-state index contributed by atoms with van der Waals surface area (Å²) >= 11 is 1.76. The topological polar surface area (TPSA) is 26.3 Å². The van der Waals surface area contributed by atoms with Crippen molar-refractivity contribution >= 4 is 17.1 Å². The third-order valence-corrected chi connectivity index (χ3v) is 3.34. The number of carbonyl (C=O) groups is 1. The lowest BCUT2D eigenvalue weighted by molar-refractivity contribution is -0.116. The summed E-state index contributed by atoms with van der Waals surface area (Å²) in [4.78, 5) is 13.5. The van der Waals surface area contributed by atoms with Gasteiger partial charge in [0.2, 0.25) is 0 Å². The van der Waals surface area contributed by atoms with Crippen LogP contribution in [-0.2, 0) is 29.0 Å². The van der Waals surface area contributed by atoms with Gasteiger partial charge < -0.3 is 4.74 Å². The van der Waals surface area contributed by atoms with Crippen molar-refractivity contribution < 1.29 is 9.53 Å². The van der Waals surface area contributed by atoms with Crippen molar-refractivity contribution in [3.05, 3.63) is 21.4 Å². The predicted molar refractivity (Wildman–Crippen MR) is 52.1 cm³/mol. The predicted octanol–water partition coefficient (Wildman–Crippen LogP) is 1.95. The molecule has 0 bridgehead atoms. The van der Waals surface area contributed by atoms with Crippen molar-refractivity contribution in [3.8, 4) is 0 Å². The summed E-state index contributed by atoms with van der Waals surface area (Å²) < 4.78 is 5.34. The van der Waals surface area contributed by atoms with Crippen LogP contribution >= 0.6 is 11.3 Å². The number of ether oxygens (including phenoxy) is 1.